The summed E-state index contributed by atoms with van der Waals surface area (Å²) in [7, 11) is 0. The molecule has 0 unspecified atom stereocenters. The molecule has 4 nitrogen and oxygen atoms in total. The molecule has 160 valence electrons. The number of alkyl halides is 3. The molecule has 3 fully saturated rings. The van der Waals surface area contributed by atoms with Crippen molar-refractivity contribution < 1.29 is 24.2 Å². The van der Waals surface area contributed by atoms with Gasteiger partial charge in [0, 0.05) is 17.3 Å². The van der Waals surface area contributed by atoms with Crippen molar-refractivity contribution in [1.29, 1.82) is 0 Å². The maximum atomic E-state index is 15.4. The van der Waals surface area contributed by atoms with E-state index in [0.29, 0.717) is 30.4 Å². The summed E-state index contributed by atoms with van der Waals surface area (Å²) in [6.45, 7) is 6.81. The number of aliphatic hydroxyl groups is 2. The van der Waals surface area contributed by atoms with Crippen molar-refractivity contribution in [1.82, 2.24) is 0 Å². The molecule has 29 heavy (non-hydrogen) atoms. The molecule has 0 heterocycles. The lowest BCUT2D eigenvalue weighted by Crippen LogP contribution is -2.69. The normalized spacial score (nSPS) is 51.8. The summed E-state index contributed by atoms with van der Waals surface area (Å²) in [6.07, 6.45) is 1.42. The lowest BCUT2D eigenvalue weighted by atomic mass is 9.45. The Morgan fingerprint density at radius 1 is 1.38 bits per heavy atom. The van der Waals surface area contributed by atoms with Gasteiger partial charge in [0.05, 0.1) is 10.3 Å². The summed E-state index contributed by atoms with van der Waals surface area (Å²) >= 11 is 14.3. The number of hydrogen-bond acceptors (Lipinski definition) is 4. The standard InChI is InChI=1S/C22H27Cl2FO4/c1-11-6-13-14-8-16(25)15-7-12(27)4-5-19(15,2)21(14,24)17(23)9-20(13,3)22(11,29)18(28)10-26/h7,13-14,16-17,26,29H,1,4-6,8-10H2,2-3H3/t13-,14-,16-,17-,19-,20-,21-,22-/m0/s1. The lowest BCUT2D eigenvalue weighted by molar-refractivity contribution is -0.158. The van der Waals surface area contributed by atoms with Crippen molar-refractivity contribution in [2.75, 3.05) is 6.61 Å². The summed E-state index contributed by atoms with van der Waals surface area (Å²) in [4.78, 5) is 23.6. The number of carbonyl (C=O) groups is 2. The number of allylic oxidation sites excluding steroid dienone is 1. The summed E-state index contributed by atoms with van der Waals surface area (Å²) in [5.74, 6) is -1.52. The van der Waals surface area contributed by atoms with Crippen LogP contribution in [0.1, 0.15) is 46.0 Å². The second-order valence-electron chi connectivity index (χ2n) is 9.77. The van der Waals surface area contributed by atoms with Gasteiger partial charge >= 0.3 is 0 Å². The highest BCUT2D eigenvalue weighted by molar-refractivity contribution is 6.33. The molecule has 3 saturated carbocycles. The van der Waals surface area contributed by atoms with E-state index >= 15 is 4.39 Å². The first-order chi connectivity index (χ1) is 13.4. The van der Waals surface area contributed by atoms with Crippen LogP contribution in [0.15, 0.2) is 23.8 Å². The number of aliphatic hydroxyl groups excluding tert-OH is 1. The Morgan fingerprint density at radius 2 is 2.03 bits per heavy atom. The van der Waals surface area contributed by atoms with Gasteiger partial charge in [-0.2, -0.15) is 0 Å². The number of fused-ring (bicyclic) bond motifs is 5. The Balaban J connectivity index is 1.87. The lowest BCUT2D eigenvalue weighted by Gasteiger charge is -2.65. The first-order valence-corrected chi connectivity index (χ1v) is 11.0. The smallest absolute Gasteiger partial charge is 0.194 e. The zero-order chi connectivity index (χ0) is 21.6. The predicted octanol–water partition coefficient (Wildman–Crippen LogP) is 3.50. The number of Topliss-reactive ketones (excluding diaryl/α,β-unsaturated/α-hetero) is 1. The summed E-state index contributed by atoms with van der Waals surface area (Å²) in [5.41, 5.74) is -2.95. The largest absolute Gasteiger partial charge is 0.388 e. The van der Waals surface area contributed by atoms with Crippen molar-refractivity contribution in [3.63, 3.8) is 0 Å². The molecule has 8 atom stereocenters. The minimum absolute atomic E-state index is 0.0817. The summed E-state index contributed by atoms with van der Waals surface area (Å²) in [5, 5.41) is 20.2. The molecule has 0 aliphatic heterocycles. The fraction of sp³-hybridized carbons (Fsp3) is 0.727. The first kappa shape index (κ1) is 21.5. The Labute approximate surface area is 180 Å². The maximum Gasteiger partial charge on any atom is 0.194 e. The topological polar surface area (TPSA) is 74.6 Å². The van der Waals surface area contributed by atoms with Crippen LogP contribution in [0.5, 0.6) is 0 Å². The van der Waals surface area contributed by atoms with Crippen molar-refractivity contribution in [3.8, 4) is 0 Å². The molecule has 0 saturated heterocycles. The number of rotatable bonds is 2. The van der Waals surface area contributed by atoms with Gasteiger partial charge in [-0.3, -0.25) is 9.59 Å². The van der Waals surface area contributed by atoms with Crippen molar-refractivity contribution >= 4 is 34.8 Å². The van der Waals surface area contributed by atoms with Gasteiger partial charge in [-0.15, -0.1) is 23.2 Å². The highest BCUT2D eigenvalue weighted by Crippen LogP contribution is 2.72. The maximum absolute atomic E-state index is 15.4. The van der Waals surface area contributed by atoms with Crippen LogP contribution in [-0.4, -0.2) is 50.4 Å². The van der Waals surface area contributed by atoms with Crippen molar-refractivity contribution in [2.24, 2.45) is 22.7 Å². The SMILES string of the molecule is C=C1C[C@H]2[C@@H]3C[C@H](F)C4=CC(=O)CC[C@]4(C)[C@@]3(Cl)[C@@H](Cl)C[C@]2(C)[C@@]1(O)C(=O)CO. The minimum Gasteiger partial charge on any atom is -0.388 e. The molecule has 2 N–H and O–H groups in total. The molecular weight excluding hydrogens is 418 g/mol. The molecule has 4 aliphatic carbocycles. The number of halogens is 3. The average molecular weight is 445 g/mol. The second kappa shape index (κ2) is 6.38. The van der Waals surface area contributed by atoms with Crippen LogP contribution < -0.4 is 0 Å². The Kier molecular flexibility index (Phi) is 4.73. The van der Waals surface area contributed by atoms with Gasteiger partial charge in [-0.05, 0) is 54.7 Å². The third kappa shape index (κ3) is 2.34. The van der Waals surface area contributed by atoms with Crippen LogP contribution in [0.4, 0.5) is 4.39 Å². The quantitative estimate of drug-likeness (QED) is 0.504. The van der Waals surface area contributed by atoms with Gasteiger partial charge in [-0.25, -0.2) is 4.39 Å². The highest BCUT2D eigenvalue weighted by atomic mass is 35.5. The Bertz CT molecular complexity index is 843. The van der Waals surface area contributed by atoms with Gasteiger partial charge in [0.2, 0.25) is 0 Å². The molecule has 7 heteroatoms. The van der Waals surface area contributed by atoms with E-state index < -0.39 is 51.2 Å². The fourth-order valence-electron chi connectivity index (χ4n) is 7.08. The molecule has 4 rings (SSSR count). The second-order valence-corrected chi connectivity index (χ2v) is 10.9. The van der Waals surface area contributed by atoms with Crippen LogP contribution in [0.25, 0.3) is 0 Å². The number of hydrogen-bond donors (Lipinski definition) is 2. The molecule has 0 aromatic rings. The predicted molar refractivity (Wildman–Crippen MR) is 109 cm³/mol. The van der Waals surface area contributed by atoms with Crippen molar-refractivity contribution in [3.05, 3.63) is 23.8 Å². The van der Waals surface area contributed by atoms with E-state index in [2.05, 4.69) is 6.58 Å². The molecule has 0 aromatic heterocycles. The van der Waals surface area contributed by atoms with Crippen LogP contribution in [0.2, 0.25) is 0 Å². The molecule has 0 spiro atoms. The Hall–Kier alpha value is -0.750. The zero-order valence-electron chi connectivity index (χ0n) is 16.7. The summed E-state index contributed by atoms with van der Waals surface area (Å²) in [6, 6.07) is 0. The first-order valence-electron chi connectivity index (χ1n) is 10.1. The minimum atomic E-state index is -1.91. The van der Waals surface area contributed by atoms with E-state index in [9.17, 15) is 19.8 Å². The molecule has 0 radical (unpaired) electrons. The van der Waals surface area contributed by atoms with Crippen LogP contribution in [-0.2, 0) is 9.59 Å². The highest BCUT2D eigenvalue weighted by Gasteiger charge is 2.75. The molecule has 0 aromatic carbocycles. The fourth-order valence-corrected chi connectivity index (χ4v) is 8.33. The van der Waals surface area contributed by atoms with Crippen LogP contribution >= 0.6 is 23.2 Å². The average Bonchev–Trinajstić information content (AvgIpc) is 2.86. The van der Waals surface area contributed by atoms with E-state index in [1.807, 2.05) is 6.92 Å². The third-order valence-corrected chi connectivity index (χ3v) is 10.3. The van der Waals surface area contributed by atoms with Crippen LogP contribution in [0.3, 0.4) is 0 Å². The monoisotopic (exact) mass is 444 g/mol. The van der Waals surface area contributed by atoms with Gasteiger partial charge < -0.3 is 10.2 Å². The molecule has 0 amide bonds. The van der Waals surface area contributed by atoms with E-state index in [1.54, 1.807) is 6.92 Å². The van der Waals surface area contributed by atoms with Gasteiger partial charge in [0.25, 0.3) is 0 Å². The molecular formula is C22H27Cl2FO4. The third-order valence-electron chi connectivity index (χ3n) is 8.72. The van der Waals surface area contributed by atoms with Crippen LogP contribution in [0, 0.1) is 22.7 Å². The number of ketones is 2. The van der Waals surface area contributed by atoms with Gasteiger partial charge in [0.1, 0.15) is 12.8 Å². The van der Waals surface area contributed by atoms with E-state index in [4.69, 9.17) is 23.2 Å². The Morgan fingerprint density at radius 3 is 2.66 bits per heavy atom. The van der Waals surface area contributed by atoms with E-state index in [1.165, 1.54) is 6.08 Å². The van der Waals surface area contributed by atoms with E-state index in [0.717, 1.165) is 0 Å². The van der Waals surface area contributed by atoms with Gasteiger partial charge in [-0.1, -0.05) is 20.4 Å². The zero-order valence-corrected chi connectivity index (χ0v) is 18.2. The number of carbonyl (C=O) groups excluding carboxylic acids is 2. The molecule has 4 aliphatic rings. The van der Waals surface area contributed by atoms with E-state index in [-0.39, 0.29) is 24.5 Å². The summed E-state index contributed by atoms with van der Waals surface area (Å²) < 4.78 is 15.4. The molecule has 0 bridgehead atoms. The van der Waals surface area contributed by atoms with Gasteiger partial charge in [0.15, 0.2) is 17.2 Å². The van der Waals surface area contributed by atoms with Crippen molar-refractivity contribution in [2.45, 2.75) is 68.0 Å².